The molecule has 0 aliphatic rings. The zero-order valence-corrected chi connectivity index (χ0v) is 17.3. The largest absolute Gasteiger partial charge is 0.489 e. The highest BCUT2D eigenvalue weighted by molar-refractivity contribution is 5.98. The lowest BCUT2D eigenvalue weighted by Gasteiger charge is -2.15. The van der Waals surface area contributed by atoms with Gasteiger partial charge in [0.15, 0.2) is 11.9 Å². The molecule has 1 atom stereocenters. The van der Waals surface area contributed by atoms with Crippen molar-refractivity contribution in [2.24, 2.45) is 0 Å². The van der Waals surface area contributed by atoms with Crippen LogP contribution in [0.3, 0.4) is 0 Å². The summed E-state index contributed by atoms with van der Waals surface area (Å²) in [6, 6.07) is 22.7. The Morgan fingerprint density at radius 2 is 1.52 bits per heavy atom. The summed E-state index contributed by atoms with van der Waals surface area (Å²) in [5.41, 5.74) is 2.05. The lowest BCUT2D eigenvalue weighted by molar-refractivity contribution is -0.123. The number of rotatable bonds is 8. The second-order valence-corrected chi connectivity index (χ2v) is 6.93. The number of carbonyl (C=O) groups is 3. The van der Waals surface area contributed by atoms with Gasteiger partial charge in [0.2, 0.25) is 0 Å². The first-order valence-corrected chi connectivity index (χ1v) is 9.82. The van der Waals surface area contributed by atoms with Crippen molar-refractivity contribution in [1.29, 1.82) is 0 Å². The minimum absolute atomic E-state index is 0.0601. The smallest absolute Gasteiger partial charge is 0.339 e. The van der Waals surface area contributed by atoms with Crippen molar-refractivity contribution in [3.8, 4) is 5.75 Å². The van der Waals surface area contributed by atoms with Crippen molar-refractivity contribution >= 4 is 23.3 Å². The maximum atomic E-state index is 12.7. The fraction of sp³-hybridized carbons (Fsp3) is 0.160. The quantitative estimate of drug-likeness (QED) is 0.426. The number of Topliss-reactive ketones (excluding diaryl/α,β-unsaturated/α-hetero) is 1. The van der Waals surface area contributed by atoms with Gasteiger partial charge in [-0.05, 0) is 56.3 Å². The van der Waals surface area contributed by atoms with Crippen LogP contribution >= 0.6 is 0 Å². The standard InChI is InChI=1S/C25H23NO5/c1-17(27)19-12-14-21(15-13-19)26-24(28)18(2)31-25(29)23-11-7-6-8-20(23)16-30-22-9-4-3-5-10-22/h3-15,18H,16H2,1-2H3,(H,26,28)/t18-/m0/s1. The van der Waals surface area contributed by atoms with Crippen LogP contribution < -0.4 is 10.1 Å². The minimum Gasteiger partial charge on any atom is -0.489 e. The van der Waals surface area contributed by atoms with E-state index in [1.165, 1.54) is 13.8 Å². The number of para-hydroxylation sites is 1. The van der Waals surface area contributed by atoms with Gasteiger partial charge in [-0.2, -0.15) is 0 Å². The molecule has 3 aromatic rings. The van der Waals surface area contributed by atoms with Crippen molar-refractivity contribution in [2.75, 3.05) is 5.32 Å². The Bertz CT molecular complexity index is 1060. The van der Waals surface area contributed by atoms with E-state index in [-0.39, 0.29) is 12.4 Å². The number of carbonyl (C=O) groups excluding carboxylic acids is 3. The first kappa shape index (κ1) is 21.8. The number of ketones is 1. The Morgan fingerprint density at radius 3 is 2.19 bits per heavy atom. The van der Waals surface area contributed by atoms with Crippen molar-refractivity contribution in [3.05, 3.63) is 95.6 Å². The van der Waals surface area contributed by atoms with Crippen LogP contribution in [0.1, 0.15) is 40.1 Å². The van der Waals surface area contributed by atoms with Gasteiger partial charge in [0, 0.05) is 16.8 Å². The van der Waals surface area contributed by atoms with Gasteiger partial charge in [-0.1, -0.05) is 36.4 Å². The molecule has 1 amide bonds. The zero-order valence-electron chi connectivity index (χ0n) is 17.3. The molecule has 6 nitrogen and oxygen atoms in total. The van der Waals surface area contributed by atoms with E-state index in [2.05, 4.69) is 5.32 Å². The molecular weight excluding hydrogens is 394 g/mol. The molecule has 0 aromatic heterocycles. The summed E-state index contributed by atoms with van der Waals surface area (Å²) in [7, 11) is 0. The van der Waals surface area contributed by atoms with Crippen LogP contribution in [0.2, 0.25) is 0 Å². The number of amides is 1. The summed E-state index contributed by atoms with van der Waals surface area (Å²) in [6.45, 7) is 3.16. The van der Waals surface area contributed by atoms with E-state index in [4.69, 9.17) is 9.47 Å². The van der Waals surface area contributed by atoms with Crippen LogP contribution in [0, 0.1) is 0 Å². The molecule has 158 valence electrons. The summed E-state index contributed by atoms with van der Waals surface area (Å²) < 4.78 is 11.1. The Kier molecular flexibility index (Phi) is 7.17. The monoisotopic (exact) mass is 417 g/mol. The molecule has 1 N–H and O–H groups in total. The van der Waals surface area contributed by atoms with Crippen molar-refractivity contribution in [1.82, 2.24) is 0 Å². The number of nitrogens with one attached hydrogen (secondary N) is 1. The average Bonchev–Trinajstić information content (AvgIpc) is 2.78. The normalized spacial score (nSPS) is 11.3. The fourth-order valence-corrected chi connectivity index (χ4v) is 2.83. The van der Waals surface area contributed by atoms with Gasteiger partial charge in [-0.15, -0.1) is 0 Å². The molecule has 6 heteroatoms. The van der Waals surface area contributed by atoms with Gasteiger partial charge in [0.25, 0.3) is 5.91 Å². The van der Waals surface area contributed by atoms with Gasteiger partial charge < -0.3 is 14.8 Å². The third-order valence-corrected chi connectivity index (χ3v) is 4.59. The Hall–Kier alpha value is -3.93. The number of hydrogen-bond acceptors (Lipinski definition) is 5. The van der Waals surface area contributed by atoms with E-state index >= 15 is 0 Å². The Morgan fingerprint density at radius 1 is 0.871 bits per heavy atom. The number of esters is 1. The van der Waals surface area contributed by atoms with Crippen LogP contribution in [0.15, 0.2) is 78.9 Å². The molecule has 0 bridgehead atoms. The highest BCUT2D eigenvalue weighted by atomic mass is 16.5. The number of ether oxygens (including phenoxy) is 2. The summed E-state index contributed by atoms with van der Waals surface area (Å²) >= 11 is 0. The maximum Gasteiger partial charge on any atom is 0.339 e. The van der Waals surface area contributed by atoms with E-state index in [1.807, 2.05) is 30.3 Å². The van der Waals surface area contributed by atoms with Crippen LogP contribution in [0.4, 0.5) is 5.69 Å². The lowest BCUT2D eigenvalue weighted by atomic mass is 10.1. The van der Waals surface area contributed by atoms with Crippen molar-refractivity contribution in [3.63, 3.8) is 0 Å². The van der Waals surface area contributed by atoms with Crippen LogP contribution in [0.25, 0.3) is 0 Å². The van der Waals surface area contributed by atoms with Gasteiger partial charge in [0.05, 0.1) is 5.56 Å². The summed E-state index contributed by atoms with van der Waals surface area (Å²) in [5, 5.41) is 2.67. The summed E-state index contributed by atoms with van der Waals surface area (Å²) in [4.78, 5) is 36.4. The Balaban J connectivity index is 1.61. The van der Waals surface area contributed by atoms with Gasteiger partial charge >= 0.3 is 5.97 Å². The molecule has 0 radical (unpaired) electrons. The third-order valence-electron chi connectivity index (χ3n) is 4.59. The van der Waals surface area contributed by atoms with E-state index in [0.717, 1.165) is 0 Å². The Labute approximate surface area is 180 Å². The molecule has 0 unspecified atom stereocenters. The molecule has 0 aliphatic heterocycles. The van der Waals surface area contributed by atoms with E-state index in [0.29, 0.717) is 28.1 Å². The zero-order chi connectivity index (χ0) is 22.2. The van der Waals surface area contributed by atoms with Gasteiger partial charge in [0.1, 0.15) is 12.4 Å². The molecule has 0 fully saturated rings. The molecule has 3 rings (SSSR count). The third kappa shape index (κ3) is 6.02. The molecule has 0 heterocycles. The molecular formula is C25H23NO5. The highest BCUT2D eigenvalue weighted by Crippen LogP contribution is 2.17. The molecule has 0 spiro atoms. The minimum atomic E-state index is -1.01. The summed E-state index contributed by atoms with van der Waals surface area (Å²) in [5.74, 6) is -0.451. The summed E-state index contributed by atoms with van der Waals surface area (Å²) in [6.07, 6.45) is -1.01. The van der Waals surface area contributed by atoms with Crippen molar-refractivity contribution < 1.29 is 23.9 Å². The SMILES string of the molecule is CC(=O)c1ccc(NC(=O)[C@H](C)OC(=O)c2ccccc2COc2ccccc2)cc1. The van der Waals surface area contributed by atoms with Crippen molar-refractivity contribution in [2.45, 2.75) is 26.6 Å². The number of anilines is 1. The van der Waals surface area contributed by atoms with Crippen LogP contribution in [0.5, 0.6) is 5.75 Å². The average molecular weight is 417 g/mol. The van der Waals surface area contributed by atoms with E-state index < -0.39 is 18.0 Å². The van der Waals surface area contributed by atoms with Crippen LogP contribution in [-0.2, 0) is 16.1 Å². The maximum absolute atomic E-state index is 12.7. The predicted octanol–water partition coefficient (Wildman–Crippen LogP) is 4.65. The molecule has 31 heavy (non-hydrogen) atoms. The first-order valence-electron chi connectivity index (χ1n) is 9.82. The molecule has 0 aliphatic carbocycles. The van der Waals surface area contributed by atoms with Gasteiger partial charge in [-0.25, -0.2) is 4.79 Å². The first-order chi connectivity index (χ1) is 14.9. The second-order valence-electron chi connectivity index (χ2n) is 6.93. The van der Waals surface area contributed by atoms with E-state index in [1.54, 1.807) is 48.5 Å². The highest BCUT2D eigenvalue weighted by Gasteiger charge is 2.21. The fourth-order valence-electron chi connectivity index (χ4n) is 2.83. The lowest BCUT2D eigenvalue weighted by Crippen LogP contribution is -2.30. The molecule has 3 aromatic carbocycles. The second kappa shape index (κ2) is 10.2. The van der Waals surface area contributed by atoms with Crippen LogP contribution in [-0.4, -0.2) is 23.8 Å². The molecule has 0 saturated heterocycles. The predicted molar refractivity (Wildman–Crippen MR) is 117 cm³/mol. The topological polar surface area (TPSA) is 81.7 Å². The number of hydrogen-bond donors (Lipinski definition) is 1. The molecule has 0 saturated carbocycles. The number of benzene rings is 3. The van der Waals surface area contributed by atoms with E-state index in [9.17, 15) is 14.4 Å². The van der Waals surface area contributed by atoms with Gasteiger partial charge in [-0.3, -0.25) is 9.59 Å².